The van der Waals surface area contributed by atoms with Gasteiger partial charge in [-0.1, -0.05) is 76.3 Å². The number of alkyl halides is 3. The van der Waals surface area contributed by atoms with Crippen LogP contribution in [0.1, 0.15) is 41.5 Å². The van der Waals surface area contributed by atoms with Crippen molar-refractivity contribution in [1.29, 1.82) is 5.41 Å². The monoisotopic (exact) mass is 561 g/mol. The summed E-state index contributed by atoms with van der Waals surface area (Å²) in [5.74, 6) is -6.22. The summed E-state index contributed by atoms with van der Waals surface area (Å²) in [6.07, 6.45) is -8.35. The molecule has 1 N–H and O–H groups in total. The third kappa shape index (κ3) is 8.66. The van der Waals surface area contributed by atoms with Gasteiger partial charge >= 0.3 is 23.9 Å². The third-order valence-corrected chi connectivity index (χ3v) is 5.11. The minimum atomic E-state index is -2.35. The summed E-state index contributed by atoms with van der Waals surface area (Å²) in [4.78, 5) is 50.1. The first-order chi connectivity index (χ1) is 16.0. The molecule has 1 aliphatic heterocycles. The molecule has 0 amide bonds. The van der Waals surface area contributed by atoms with E-state index in [1.54, 1.807) is 13.8 Å². The van der Waals surface area contributed by atoms with Gasteiger partial charge in [0.2, 0.25) is 18.3 Å². The zero-order valence-electron chi connectivity index (χ0n) is 20.3. The lowest BCUT2D eigenvalue weighted by Crippen LogP contribution is -2.64. The predicted molar refractivity (Wildman–Crippen MR) is 124 cm³/mol. The van der Waals surface area contributed by atoms with Gasteiger partial charge in [0.25, 0.3) is 3.79 Å². The van der Waals surface area contributed by atoms with E-state index in [4.69, 9.17) is 68.6 Å². The molecule has 0 unspecified atom stereocenters. The molecule has 0 aromatic rings. The molecule has 1 saturated heterocycles. The Morgan fingerprint density at radius 1 is 0.743 bits per heavy atom. The highest BCUT2D eigenvalue weighted by atomic mass is 35.6. The van der Waals surface area contributed by atoms with E-state index in [1.165, 1.54) is 27.7 Å². The fourth-order valence-electron chi connectivity index (χ4n) is 2.59. The van der Waals surface area contributed by atoms with Gasteiger partial charge in [0, 0.05) is 0 Å². The van der Waals surface area contributed by atoms with Crippen LogP contribution in [0, 0.1) is 23.2 Å². The topological polar surface area (TPSA) is 148 Å². The minimum Gasteiger partial charge on any atom is -0.467 e. The maximum Gasteiger partial charge on any atom is 0.339 e. The normalized spacial score (nSPS) is 24.7. The van der Waals surface area contributed by atoms with Gasteiger partial charge in [-0.2, -0.15) is 0 Å². The second-order valence-electron chi connectivity index (χ2n) is 8.56. The largest absolute Gasteiger partial charge is 0.467 e. The van der Waals surface area contributed by atoms with Gasteiger partial charge in [-0.25, -0.2) is 4.79 Å². The summed E-state index contributed by atoms with van der Waals surface area (Å²) >= 11 is 17.1. The summed E-state index contributed by atoms with van der Waals surface area (Å²) in [7, 11) is 1.05. The number of rotatable bonds is 8. The first-order valence-corrected chi connectivity index (χ1v) is 11.8. The number of carbonyl (C=O) groups is 4. The van der Waals surface area contributed by atoms with Gasteiger partial charge in [-0.05, 0) is 0 Å². The molecule has 5 atom stereocenters. The first-order valence-electron chi connectivity index (χ1n) is 10.7. The molecular formula is C21H30Cl3NO10. The summed E-state index contributed by atoms with van der Waals surface area (Å²) < 4.78 is 29.8. The van der Waals surface area contributed by atoms with Gasteiger partial charge in [0.15, 0.2) is 18.3 Å². The van der Waals surface area contributed by atoms with Crippen LogP contribution in [0.5, 0.6) is 0 Å². The van der Waals surface area contributed by atoms with Crippen molar-refractivity contribution in [3.05, 3.63) is 0 Å². The van der Waals surface area contributed by atoms with Crippen molar-refractivity contribution in [2.75, 3.05) is 7.11 Å². The fraction of sp³-hybridized carbons (Fsp3) is 0.762. The Morgan fingerprint density at radius 3 is 1.51 bits per heavy atom. The Kier molecular flexibility index (Phi) is 11.5. The van der Waals surface area contributed by atoms with E-state index >= 15 is 0 Å². The average molecular weight is 563 g/mol. The molecule has 35 heavy (non-hydrogen) atoms. The predicted octanol–water partition coefficient (Wildman–Crippen LogP) is 2.95. The van der Waals surface area contributed by atoms with Crippen LogP contribution >= 0.6 is 34.8 Å². The van der Waals surface area contributed by atoms with Crippen LogP contribution in [-0.2, 0) is 47.6 Å². The molecule has 1 aliphatic rings. The van der Waals surface area contributed by atoms with E-state index in [2.05, 4.69) is 0 Å². The van der Waals surface area contributed by atoms with E-state index in [-0.39, 0.29) is 0 Å². The zero-order valence-corrected chi connectivity index (χ0v) is 22.6. The number of methoxy groups -OCH3 is 1. The molecule has 0 aliphatic carbocycles. The van der Waals surface area contributed by atoms with Crippen molar-refractivity contribution in [3.63, 3.8) is 0 Å². The van der Waals surface area contributed by atoms with Gasteiger partial charge < -0.3 is 28.4 Å². The molecule has 0 radical (unpaired) electrons. The van der Waals surface area contributed by atoms with E-state index in [1.807, 2.05) is 0 Å². The number of hydrogen-bond acceptors (Lipinski definition) is 11. The Bertz CT molecular complexity index is 812. The minimum absolute atomic E-state index is 0.641. The molecule has 200 valence electrons. The highest BCUT2D eigenvalue weighted by molar-refractivity contribution is 6.76. The number of hydrogen-bond donors (Lipinski definition) is 1. The first kappa shape index (κ1) is 31.2. The number of nitrogens with one attached hydrogen (secondary N) is 1. The molecular weight excluding hydrogens is 533 g/mol. The second-order valence-corrected chi connectivity index (χ2v) is 10.8. The number of carbonyl (C=O) groups excluding carboxylic acids is 4. The molecule has 0 bridgehead atoms. The Balaban J connectivity index is 3.65. The van der Waals surface area contributed by atoms with Crippen LogP contribution in [0.3, 0.4) is 0 Å². The smallest absolute Gasteiger partial charge is 0.339 e. The molecule has 1 fully saturated rings. The Hall–Kier alpha value is -1.82. The van der Waals surface area contributed by atoms with Crippen molar-refractivity contribution in [2.24, 2.45) is 17.8 Å². The van der Waals surface area contributed by atoms with Crippen molar-refractivity contribution >= 4 is 64.6 Å². The van der Waals surface area contributed by atoms with Crippen molar-refractivity contribution in [3.8, 4) is 0 Å². The molecule has 0 aromatic carbocycles. The molecule has 1 rings (SSSR count). The average Bonchev–Trinajstić information content (AvgIpc) is 2.75. The number of esters is 4. The third-order valence-electron chi connectivity index (χ3n) is 4.59. The summed E-state index contributed by atoms with van der Waals surface area (Å²) in [6.45, 7) is 9.23. The quantitative estimate of drug-likeness (QED) is 0.154. The number of halogens is 3. The Morgan fingerprint density at radius 2 is 1.14 bits per heavy atom. The van der Waals surface area contributed by atoms with Crippen LogP contribution < -0.4 is 0 Å². The van der Waals surface area contributed by atoms with Crippen LogP contribution in [0.25, 0.3) is 0 Å². The van der Waals surface area contributed by atoms with E-state index < -0.39 is 82.0 Å². The standard InChI is InChI=1S/C21H30Cl3NO10/c1-8(2)15(26)31-11-12(32-16(27)9(3)4)14(33-17(28)10(5)6)19(34-13(11)18(29)30-7)35-20(25)21(22,23)24/h8-14,19,25H,1-7H3/t11-,12-,13+,14+,19-/m0/s1. The number of ether oxygens (including phenoxy) is 6. The van der Waals surface area contributed by atoms with Gasteiger partial charge in [-0.15, -0.1) is 0 Å². The lowest BCUT2D eigenvalue weighted by molar-refractivity contribution is -0.288. The zero-order chi connectivity index (χ0) is 27.2. The molecule has 0 spiro atoms. The highest BCUT2D eigenvalue weighted by Gasteiger charge is 2.57. The van der Waals surface area contributed by atoms with E-state index in [0.29, 0.717) is 0 Å². The lowest BCUT2D eigenvalue weighted by Gasteiger charge is -2.44. The maximum absolute atomic E-state index is 12.6. The SMILES string of the molecule is COC(=O)[C@@H]1O[C@@H](OC(=N)C(Cl)(Cl)Cl)[C@H](OC(=O)C(C)C)[C@@H](OC(=O)C(C)C)[C@@H]1OC(=O)C(C)C. The van der Waals surface area contributed by atoms with E-state index in [9.17, 15) is 19.2 Å². The van der Waals surface area contributed by atoms with Crippen molar-refractivity contribution < 1.29 is 47.6 Å². The molecule has 0 aromatic heterocycles. The highest BCUT2D eigenvalue weighted by Crippen LogP contribution is 2.34. The van der Waals surface area contributed by atoms with Crippen molar-refractivity contribution in [2.45, 2.75) is 76.0 Å². The van der Waals surface area contributed by atoms with Gasteiger partial charge in [-0.3, -0.25) is 19.8 Å². The molecule has 14 heteroatoms. The maximum atomic E-state index is 12.6. The second kappa shape index (κ2) is 12.9. The lowest BCUT2D eigenvalue weighted by atomic mass is 9.97. The summed E-state index contributed by atoms with van der Waals surface area (Å²) in [5, 5.41) is 7.90. The Labute approximate surface area is 218 Å². The van der Waals surface area contributed by atoms with Crippen LogP contribution in [0.15, 0.2) is 0 Å². The van der Waals surface area contributed by atoms with Gasteiger partial charge in [0.05, 0.1) is 24.9 Å². The molecule has 0 saturated carbocycles. The van der Waals surface area contributed by atoms with Crippen LogP contribution in [-0.4, -0.2) is 71.4 Å². The molecule has 1 heterocycles. The summed E-state index contributed by atoms with van der Waals surface area (Å²) in [6, 6.07) is 0. The van der Waals surface area contributed by atoms with E-state index in [0.717, 1.165) is 7.11 Å². The van der Waals surface area contributed by atoms with Gasteiger partial charge in [0.1, 0.15) is 0 Å². The summed E-state index contributed by atoms with van der Waals surface area (Å²) in [5.41, 5.74) is 0. The fourth-order valence-corrected chi connectivity index (χ4v) is 2.73. The van der Waals surface area contributed by atoms with Crippen LogP contribution in [0.2, 0.25) is 0 Å². The van der Waals surface area contributed by atoms with Crippen LogP contribution in [0.4, 0.5) is 0 Å². The molecule has 11 nitrogen and oxygen atoms in total. The van der Waals surface area contributed by atoms with Crippen molar-refractivity contribution in [1.82, 2.24) is 0 Å².